The van der Waals surface area contributed by atoms with Gasteiger partial charge in [-0.05, 0) is 40.9 Å². The first kappa shape index (κ1) is 16.5. The summed E-state index contributed by atoms with van der Waals surface area (Å²) in [4.78, 5) is 18.1. The van der Waals surface area contributed by atoms with Gasteiger partial charge in [-0.3, -0.25) is 9.69 Å². The van der Waals surface area contributed by atoms with Crippen molar-refractivity contribution in [2.24, 2.45) is 0 Å². The van der Waals surface area contributed by atoms with Crippen LogP contribution in [0, 0.1) is 0 Å². The fourth-order valence-electron chi connectivity index (χ4n) is 2.12. The summed E-state index contributed by atoms with van der Waals surface area (Å²) in [7, 11) is 0. The van der Waals surface area contributed by atoms with Gasteiger partial charge < -0.3 is 9.47 Å². The SMILES string of the molecule is C1CCOC1.O=C(CN1CCOCC1)c1cccc(Br)n1. The lowest BCUT2D eigenvalue weighted by atomic mass is 10.2. The van der Waals surface area contributed by atoms with Crippen LogP contribution in [-0.2, 0) is 9.47 Å². The van der Waals surface area contributed by atoms with Crippen LogP contribution in [0.15, 0.2) is 22.8 Å². The van der Waals surface area contributed by atoms with Crippen molar-refractivity contribution in [3.8, 4) is 0 Å². The highest BCUT2D eigenvalue weighted by Crippen LogP contribution is 2.08. The van der Waals surface area contributed by atoms with Crippen LogP contribution in [0.2, 0.25) is 0 Å². The molecule has 5 nitrogen and oxygen atoms in total. The van der Waals surface area contributed by atoms with E-state index >= 15 is 0 Å². The maximum absolute atomic E-state index is 11.9. The summed E-state index contributed by atoms with van der Waals surface area (Å²) in [6.07, 6.45) is 2.56. The predicted octanol–water partition coefficient (Wildman–Crippen LogP) is 2.16. The summed E-state index contributed by atoms with van der Waals surface area (Å²) in [6.45, 7) is 5.48. The summed E-state index contributed by atoms with van der Waals surface area (Å²) in [5.74, 6) is 0.0585. The maximum atomic E-state index is 11.9. The van der Waals surface area contributed by atoms with Gasteiger partial charge in [-0.25, -0.2) is 4.98 Å². The van der Waals surface area contributed by atoms with Crippen LogP contribution in [0.1, 0.15) is 23.3 Å². The molecule has 21 heavy (non-hydrogen) atoms. The molecule has 0 aromatic carbocycles. The largest absolute Gasteiger partial charge is 0.381 e. The Kier molecular flexibility index (Phi) is 7.29. The Morgan fingerprint density at radius 3 is 2.38 bits per heavy atom. The highest BCUT2D eigenvalue weighted by atomic mass is 79.9. The van der Waals surface area contributed by atoms with Crippen molar-refractivity contribution < 1.29 is 14.3 Å². The Balaban J connectivity index is 0.000000272. The molecule has 0 atom stereocenters. The third-order valence-corrected chi connectivity index (χ3v) is 3.74. The summed E-state index contributed by atoms with van der Waals surface area (Å²) in [5.41, 5.74) is 0.515. The average molecular weight is 357 g/mol. The Bertz CT molecular complexity index is 439. The number of ether oxygens (including phenoxy) is 2. The van der Waals surface area contributed by atoms with Gasteiger partial charge in [0.2, 0.25) is 0 Å². The van der Waals surface area contributed by atoms with Crippen LogP contribution < -0.4 is 0 Å². The zero-order chi connectivity index (χ0) is 14.9. The van der Waals surface area contributed by atoms with Crippen LogP contribution in [0.25, 0.3) is 0 Å². The Morgan fingerprint density at radius 2 is 1.81 bits per heavy atom. The lowest BCUT2D eigenvalue weighted by Gasteiger charge is -2.25. The number of carbonyl (C=O) groups excluding carboxylic acids is 1. The van der Waals surface area contributed by atoms with Gasteiger partial charge in [-0.15, -0.1) is 0 Å². The molecule has 0 aliphatic carbocycles. The molecule has 0 unspecified atom stereocenters. The van der Waals surface area contributed by atoms with Crippen molar-refractivity contribution in [2.75, 3.05) is 46.1 Å². The normalized spacial score (nSPS) is 18.9. The van der Waals surface area contributed by atoms with E-state index in [-0.39, 0.29) is 5.78 Å². The molecule has 0 radical (unpaired) electrons. The zero-order valence-electron chi connectivity index (χ0n) is 12.1. The van der Waals surface area contributed by atoms with Gasteiger partial charge in [-0.1, -0.05) is 6.07 Å². The molecule has 2 fully saturated rings. The lowest BCUT2D eigenvalue weighted by Crippen LogP contribution is -2.39. The van der Waals surface area contributed by atoms with E-state index in [1.165, 1.54) is 12.8 Å². The fourth-order valence-corrected chi connectivity index (χ4v) is 2.46. The average Bonchev–Trinajstić information content (AvgIpc) is 3.08. The highest BCUT2D eigenvalue weighted by molar-refractivity contribution is 9.10. The third kappa shape index (κ3) is 6.22. The van der Waals surface area contributed by atoms with E-state index in [0.29, 0.717) is 30.1 Å². The number of nitrogens with zero attached hydrogens (tertiary/aromatic N) is 2. The molecule has 0 amide bonds. The molecule has 0 saturated carbocycles. The number of ketones is 1. The predicted molar refractivity (Wildman–Crippen MR) is 83.6 cm³/mol. The van der Waals surface area contributed by atoms with Crippen LogP contribution in [-0.4, -0.2) is 61.7 Å². The van der Waals surface area contributed by atoms with Crippen LogP contribution in [0.5, 0.6) is 0 Å². The van der Waals surface area contributed by atoms with Crippen LogP contribution >= 0.6 is 15.9 Å². The molecule has 116 valence electrons. The number of hydrogen-bond acceptors (Lipinski definition) is 5. The van der Waals surface area contributed by atoms with E-state index in [4.69, 9.17) is 9.47 Å². The number of rotatable bonds is 3. The second kappa shape index (κ2) is 9.25. The molecule has 6 heteroatoms. The molecular weight excluding hydrogens is 336 g/mol. The molecule has 2 saturated heterocycles. The maximum Gasteiger partial charge on any atom is 0.195 e. The van der Waals surface area contributed by atoms with Gasteiger partial charge in [0, 0.05) is 26.3 Å². The van der Waals surface area contributed by atoms with Crippen molar-refractivity contribution in [3.05, 3.63) is 28.5 Å². The quantitative estimate of drug-likeness (QED) is 0.613. The Morgan fingerprint density at radius 1 is 1.14 bits per heavy atom. The third-order valence-electron chi connectivity index (χ3n) is 3.30. The minimum absolute atomic E-state index is 0.0585. The van der Waals surface area contributed by atoms with Gasteiger partial charge in [0.05, 0.1) is 19.8 Å². The van der Waals surface area contributed by atoms with Gasteiger partial charge in [0.25, 0.3) is 0 Å². The standard InChI is InChI=1S/C11H13BrN2O2.C4H8O/c12-11-3-1-2-9(13-11)10(15)8-14-4-6-16-7-5-14;1-2-4-5-3-1/h1-3H,4-8H2;1-4H2. The highest BCUT2D eigenvalue weighted by Gasteiger charge is 2.16. The van der Waals surface area contributed by atoms with Crippen molar-refractivity contribution in [2.45, 2.75) is 12.8 Å². The molecule has 1 aromatic heterocycles. The molecule has 0 spiro atoms. The molecule has 0 N–H and O–H groups in total. The van der Waals surface area contributed by atoms with Crippen LogP contribution in [0.3, 0.4) is 0 Å². The first-order valence-corrected chi connectivity index (χ1v) is 8.08. The zero-order valence-corrected chi connectivity index (χ0v) is 13.7. The monoisotopic (exact) mass is 356 g/mol. The summed E-state index contributed by atoms with van der Waals surface area (Å²) in [6, 6.07) is 5.38. The fraction of sp³-hybridized carbons (Fsp3) is 0.600. The minimum Gasteiger partial charge on any atom is -0.381 e. The second-order valence-electron chi connectivity index (χ2n) is 4.98. The summed E-state index contributed by atoms with van der Waals surface area (Å²) >= 11 is 3.26. The van der Waals surface area contributed by atoms with Crippen molar-refractivity contribution in [1.82, 2.24) is 9.88 Å². The molecule has 2 aliphatic rings. The van der Waals surface area contributed by atoms with E-state index in [1.807, 2.05) is 12.1 Å². The van der Waals surface area contributed by atoms with Crippen molar-refractivity contribution >= 4 is 21.7 Å². The number of hydrogen-bond donors (Lipinski definition) is 0. The number of Topliss-reactive ketones (excluding diaryl/α,β-unsaturated/α-hetero) is 1. The number of halogens is 1. The topological polar surface area (TPSA) is 51.7 Å². The molecular formula is C15H21BrN2O3. The Labute approximate surface area is 133 Å². The first-order chi connectivity index (χ1) is 10.3. The van der Waals surface area contributed by atoms with Gasteiger partial charge in [-0.2, -0.15) is 0 Å². The van der Waals surface area contributed by atoms with E-state index in [9.17, 15) is 4.79 Å². The molecule has 1 aromatic rings. The molecule has 0 bridgehead atoms. The minimum atomic E-state index is 0.0585. The van der Waals surface area contributed by atoms with Crippen LogP contribution in [0.4, 0.5) is 0 Å². The van der Waals surface area contributed by atoms with E-state index in [1.54, 1.807) is 6.07 Å². The Hall–Kier alpha value is -0.820. The lowest BCUT2D eigenvalue weighted by molar-refractivity contribution is 0.0370. The van der Waals surface area contributed by atoms with Gasteiger partial charge >= 0.3 is 0 Å². The molecule has 3 heterocycles. The van der Waals surface area contributed by atoms with Gasteiger partial charge in [0.15, 0.2) is 5.78 Å². The number of morpholine rings is 1. The first-order valence-electron chi connectivity index (χ1n) is 7.29. The van der Waals surface area contributed by atoms with Crippen molar-refractivity contribution in [1.29, 1.82) is 0 Å². The summed E-state index contributed by atoms with van der Waals surface area (Å²) < 4.78 is 10.9. The molecule has 3 rings (SSSR count). The number of carbonyl (C=O) groups is 1. The van der Waals surface area contributed by atoms with E-state index < -0.39 is 0 Å². The second-order valence-corrected chi connectivity index (χ2v) is 5.79. The smallest absolute Gasteiger partial charge is 0.195 e. The van der Waals surface area contributed by atoms with E-state index in [2.05, 4.69) is 25.8 Å². The number of pyridine rings is 1. The number of aromatic nitrogens is 1. The van der Waals surface area contributed by atoms with E-state index in [0.717, 1.165) is 26.3 Å². The van der Waals surface area contributed by atoms with Gasteiger partial charge in [0.1, 0.15) is 10.3 Å². The molecule has 2 aliphatic heterocycles. The summed E-state index contributed by atoms with van der Waals surface area (Å²) in [5, 5.41) is 0. The van der Waals surface area contributed by atoms with Crippen molar-refractivity contribution in [3.63, 3.8) is 0 Å².